The van der Waals surface area contributed by atoms with Crippen molar-refractivity contribution in [2.75, 3.05) is 25.1 Å². The lowest BCUT2D eigenvalue weighted by Gasteiger charge is -2.37. The molecule has 0 saturated carbocycles. The minimum atomic E-state index is 0.300. The monoisotopic (exact) mass is 233 g/mol. The van der Waals surface area contributed by atoms with Crippen LogP contribution in [0.3, 0.4) is 0 Å². The second-order valence-electron chi connectivity index (χ2n) is 4.70. The van der Waals surface area contributed by atoms with Gasteiger partial charge in [-0.1, -0.05) is 6.92 Å². The molecule has 0 N–H and O–H groups in total. The standard InChI is InChI=1S/C14H19NO2/c1-11-7-8-15(9-14(11)17-2)13-5-3-12(10-16)4-6-13/h3-6,10-11,14H,7-9H2,1-2H3. The zero-order valence-corrected chi connectivity index (χ0v) is 10.4. The van der Waals surface area contributed by atoms with Gasteiger partial charge in [0, 0.05) is 31.5 Å². The van der Waals surface area contributed by atoms with Crippen LogP contribution in [0.4, 0.5) is 5.69 Å². The molecule has 2 atom stereocenters. The average molecular weight is 233 g/mol. The highest BCUT2D eigenvalue weighted by Crippen LogP contribution is 2.24. The van der Waals surface area contributed by atoms with Gasteiger partial charge in [-0.25, -0.2) is 0 Å². The molecule has 0 aliphatic carbocycles. The zero-order valence-electron chi connectivity index (χ0n) is 10.4. The number of methoxy groups -OCH3 is 1. The van der Waals surface area contributed by atoms with Gasteiger partial charge in [0.15, 0.2) is 0 Å². The third-order valence-corrected chi connectivity index (χ3v) is 3.59. The number of carbonyl (C=O) groups is 1. The Balaban J connectivity index is 2.08. The van der Waals surface area contributed by atoms with E-state index in [1.165, 1.54) is 5.69 Å². The van der Waals surface area contributed by atoms with E-state index in [2.05, 4.69) is 11.8 Å². The topological polar surface area (TPSA) is 29.5 Å². The van der Waals surface area contributed by atoms with Crippen LogP contribution < -0.4 is 4.90 Å². The fourth-order valence-electron chi connectivity index (χ4n) is 2.34. The molecule has 3 heteroatoms. The van der Waals surface area contributed by atoms with Gasteiger partial charge in [0.05, 0.1) is 6.10 Å². The Morgan fingerprint density at radius 2 is 2.06 bits per heavy atom. The van der Waals surface area contributed by atoms with Crippen LogP contribution >= 0.6 is 0 Å². The molecule has 1 fully saturated rings. The number of benzene rings is 1. The van der Waals surface area contributed by atoms with Gasteiger partial charge in [-0.3, -0.25) is 4.79 Å². The van der Waals surface area contributed by atoms with Gasteiger partial charge >= 0.3 is 0 Å². The van der Waals surface area contributed by atoms with Crippen molar-refractivity contribution in [1.82, 2.24) is 0 Å². The van der Waals surface area contributed by atoms with E-state index < -0.39 is 0 Å². The first-order valence-corrected chi connectivity index (χ1v) is 6.07. The number of aldehydes is 1. The van der Waals surface area contributed by atoms with Crippen LogP contribution in [0.5, 0.6) is 0 Å². The molecule has 1 aromatic carbocycles. The SMILES string of the molecule is COC1CN(c2ccc(C=O)cc2)CCC1C. The smallest absolute Gasteiger partial charge is 0.150 e. The van der Waals surface area contributed by atoms with Gasteiger partial charge in [0.2, 0.25) is 0 Å². The lowest BCUT2D eigenvalue weighted by Crippen LogP contribution is -2.43. The largest absolute Gasteiger partial charge is 0.379 e. The highest BCUT2D eigenvalue weighted by molar-refractivity contribution is 5.75. The molecule has 1 aromatic rings. The average Bonchev–Trinajstić information content (AvgIpc) is 2.39. The molecule has 0 amide bonds. The summed E-state index contributed by atoms with van der Waals surface area (Å²) >= 11 is 0. The Hall–Kier alpha value is -1.35. The molecule has 1 saturated heterocycles. The van der Waals surface area contributed by atoms with Gasteiger partial charge in [-0.15, -0.1) is 0 Å². The summed E-state index contributed by atoms with van der Waals surface area (Å²) in [5.41, 5.74) is 1.90. The van der Waals surface area contributed by atoms with Crippen LogP contribution in [-0.2, 0) is 4.74 Å². The molecule has 0 bridgehead atoms. The number of piperidine rings is 1. The van der Waals surface area contributed by atoms with E-state index in [1.54, 1.807) is 7.11 Å². The fourth-order valence-corrected chi connectivity index (χ4v) is 2.34. The predicted molar refractivity (Wildman–Crippen MR) is 68.6 cm³/mol. The summed E-state index contributed by atoms with van der Waals surface area (Å²) in [6, 6.07) is 7.74. The van der Waals surface area contributed by atoms with Crippen LogP contribution in [0.15, 0.2) is 24.3 Å². The number of rotatable bonds is 3. The minimum absolute atomic E-state index is 0.300. The lowest BCUT2D eigenvalue weighted by molar-refractivity contribution is 0.0498. The van der Waals surface area contributed by atoms with Gasteiger partial charge in [0.1, 0.15) is 6.29 Å². The van der Waals surface area contributed by atoms with Crippen LogP contribution in [0.25, 0.3) is 0 Å². The van der Waals surface area contributed by atoms with E-state index >= 15 is 0 Å². The van der Waals surface area contributed by atoms with Crippen molar-refractivity contribution in [3.63, 3.8) is 0 Å². The van der Waals surface area contributed by atoms with E-state index in [1.807, 2.05) is 24.3 Å². The maximum absolute atomic E-state index is 10.6. The summed E-state index contributed by atoms with van der Waals surface area (Å²) in [6.07, 6.45) is 2.32. The van der Waals surface area contributed by atoms with Crippen LogP contribution in [0.2, 0.25) is 0 Å². The lowest BCUT2D eigenvalue weighted by atomic mass is 9.95. The molecule has 0 radical (unpaired) electrons. The first kappa shape index (κ1) is 12.1. The second-order valence-corrected chi connectivity index (χ2v) is 4.70. The van der Waals surface area contributed by atoms with E-state index in [0.29, 0.717) is 12.0 Å². The summed E-state index contributed by atoms with van der Waals surface area (Å²) in [5.74, 6) is 0.616. The van der Waals surface area contributed by atoms with Crippen molar-refractivity contribution in [2.45, 2.75) is 19.4 Å². The molecule has 17 heavy (non-hydrogen) atoms. The van der Waals surface area contributed by atoms with Crippen molar-refractivity contribution >= 4 is 12.0 Å². The van der Waals surface area contributed by atoms with Crippen molar-refractivity contribution in [3.05, 3.63) is 29.8 Å². The number of hydrogen-bond acceptors (Lipinski definition) is 3. The van der Waals surface area contributed by atoms with Crippen LogP contribution in [-0.4, -0.2) is 32.6 Å². The molecule has 1 aliphatic heterocycles. The highest BCUT2D eigenvalue weighted by Gasteiger charge is 2.25. The number of ether oxygens (including phenoxy) is 1. The van der Waals surface area contributed by atoms with Crippen molar-refractivity contribution in [1.29, 1.82) is 0 Å². The number of hydrogen-bond donors (Lipinski definition) is 0. The molecule has 0 aromatic heterocycles. The molecular formula is C14H19NO2. The minimum Gasteiger partial charge on any atom is -0.379 e. The molecule has 2 unspecified atom stereocenters. The number of anilines is 1. The second kappa shape index (κ2) is 5.32. The predicted octanol–water partition coefficient (Wildman–Crippen LogP) is 2.36. The highest BCUT2D eigenvalue weighted by atomic mass is 16.5. The number of carbonyl (C=O) groups excluding carboxylic acids is 1. The Morgan fingerprint density at radius 1 is 1.35 bits per heavy atom. The van der Waals surface area contributed by atoms with Crippen molar-refractivity contribution < 1.29 is 9.53 Å². The summed E-state index contributed by atoms with van der Waals surface area (Å²) in [5, 5.41) is 0. The van der Waals surface area contributed by atoms with E-state index in [9.17, 15) is 4.79 Å². The molecule has 0 spiro atoms. The Labute approximate surface area is 102 Å². The van der Waals surface area contributed by atoms with E-state index in [4.69, 9.17) is 4.74 Å². The zero-order chi connectivity index (χ0) is 12.3. The molecule has 1 heterocycles. The molecule has 2 rings (SSSR count). The Morgan fingerprint density at radius 3 is 2.65 bits per heavy atom. The Bertz CT molecular complexity index is 374. The third-order valence-electron chi connectivity index (χ3n) is 3.59. The van der Waals surface area contributed by atoms with Gasteiger partial charge in [-0.05, 0) is 36.6 Å². The normalized spacial score (nSPS) is 24.7. The molecule has 92 valence electrons. The first-order valence-electron chi connectivity index (χ1n) is 6.07. The fraction of sp³-hybridized carbons (Fsp3) is 0.500. The summed E-state index contributed by atoms with van der Waals surface area (Å²) in [6.45, 7) is 4.22. The molecular weight excluding hydrogens is 214 g/mol. The van der Waals surface area contributed by atoms with Crippen molar-refractivity contribution in [3.8, 4) is 0 Å². The summed E-state index contributed by atoms with van der Waals surface area (Å²) in [4.78, 5) is 12.9. The van der Waals surface area contributed by atoms with Crippen LogP contribution in [0.1, 0.15) is 23.7 Å². The molecule has 3 nitrogen and oxygen atoms in total. The maximum Gasteiger partial charge on any atom is 0.150 e. The Kier molecular flexibility index (Phi) is 3.79. The molecule has 1 aliphatic rings. The van der Waals surface area contributed by atoms with Gasteiger partial charge in [0.25, 0.3) is 0 Å². The number of nitrogens with zero attached hydrogens (tertiary/aromatic N) is 1. The maximum atomic E-state index is 10.6. The van der Waals surface area contributed by atoms with E-state index in [0.717, 1.165) is 31.4 Å². The quantitative estimate of drug-likeness (QED) is 0.751. The third kappa shape index (κ3) is 2.67. The van der Waals surface area contributed by atoms with Gasteiger partial charge in [-0.2, -0.15) is 0 Å². The summed E-state index contributed by atoms with van der Waals surface area (Å²) < 4.78 is 5.50. The van der Waals surface area contributed by atoms with Gasteiger partial charge < -0.3 is 9.64 Å². The summed E-state index contributed by atoms with van der Waals surface area (Å²) in [7, 11) is 1.78. The van der Waals surface area contributed by atoms with Crippen LogP contribution in [0, 0.1) is 5.92 Å². The van der Waals surface area contributed by atoms with Crippen molar-refractivity contribution in [2.24, 2.45) is 5.92 Å². The first-order chi connectivity index (χ1) is 8.24. The van der Waals surface area contributed by atoms with E-state index in [-0.39, 0.29) is 0 Å².